The van der Waals surface area contributed by atoms with Gasteiger partial charge in [-0.1, -0.05) is 30.8 Å². The summed E-state index contributed by atoms with van der Waals surface area (Å²) >= 11 is 5.18. The SMILES string of the molecule is CCCc1nc(NN)c(C)c(Sc2ccccc2Br)n1. The number of anilines is 1. The number of nitrogens with two attached hydrogens (primary N) is 1. The summed E-state index contributed by atoms with van der Waals surface area (Å²) in [6.45, 7) is 4.09. The van der Waals surface area contributed by atoms with Gasteiger partial charge in [0.25, 0.3) is 0 Å². The zero-order chi connectivity index (χ0) is 14.5. The number of nitrogens with zero attached hydrogens (tertiary/aromatic N) is 2. The molecule has 0 radical (unpaired) electrons. The average molecular weight is 353 g/mol. The first-order valence-electron chi connectivity index (χ1n) is 6.42. The van der Waals surface area contributed by atoms with E-state index in [9.17, 15) is 0 Å². The molecule has 0 bridgehead atoms. The van der Waals surface area contributed by atoms with Crippen LogP contribution in [0.15, 0.2) is 38.7 Å². The Kier molecular flexibility index (Phi) is 5.39. The van der Waals surface area contributed by atoms with Crippen molar-refractivity contribution >= 4 is 33.5 Å². The van der Waals surface area contributed by atoms with E-state index in [4.69, 9.17) is 5.84 Å². The van der Waals surface area contributed by atoms with E-state index < -0.39 is 0 Å². The summed E-state index contributed by atoms with van der Waals surface area (Å²) in [5, 5.41) is 0.934. The molecular formula is C14H17BrN4S. The monoisotopic (exact) mass is 352 g/mol. The fraction of sp³-hybridized carbons (Fsp3) is 0.286. The predicted octanol–water partition coefficient (Wildman–Crippen LogP) is 3.94. The number of hydrazine groups is 1. The second kappa shape index (κ2) is 7.06. The van der Waals surface area contributed by atoms with Crippen molar-refractivity contribution in [2.45, 2.75) is 36.6 Å². The molecular weight excluding hydrogens is 336 g/mol. The zero-order valence-electron chi connectivity index (χ0n) is 11.5. The maximum Gasteiger partial charge on any atom is 0.147 e. The van der Waals surface area contributed by atoms with E-state index in [1.165, 1.54) is 0 Å². The molecule has 0 fully saturated rings. The highest BCUT2D eigenvalue weighted by Gasteiger charge is 2.12. The maximum atomic E-state index is 5.55. The summed E-state index contributed by atoms with van der Waals surface area (Å²) in [4.78, 5) is 10.2. The van der Waals surface area contributed by atoms with Crippen LogP contribution in [0.1, 0.15) is 24.7 Å². The Morgan fingerprint density at radius 2 is 2.05 bits per heavy atom. The van der Waals surface area contributed by atoms with Crippen LogP contribution in [0.2, 0.25) is 0 Å². The molecule has 4 nitrogen and oxygen atoms in total. The summed E-state index contributed by atoms with van der Waals surface area (Å²) < 4.78 is 1.06. The van der Waals surface area contributed by atoms with Gasteiger partial charge in [-0.05, 0) is 41.4 Å². The molecule has 0 aliphatic heterocycles. The number of benzene rings is 1. The van der Waals surface area contributed by atoms with E-state index in [1.54, 1.807) is 11.8 Å². The van der Waals surface area contributed by atoms with Crippen molar-refractivity contribution in [3.63, 3.8) is 0 Å². The minimum atomic E-state index is 0.693. The van der Waals surface area contributed by atoms with Gasteiger partial charge in [-0.15, -0.1) is 0 Å². The number of hydrogen-bond donors (Lipinski definition) is 2. The van der Waals surface area contributed by atoms with Crippen molar-refractivity contribution in [2.24, 2.45) is 5.84 Å². The van der Waals surface area contributed by atoms with Crippen LogP contribution < -0.4 is 11.3 Å². The molecule has 0 amide bonds. The molecule has 3 N–H and O–H groups in total. The van der Waals surface area contributed by atoms with Gasteiger partial charge in [0.15, 0.2) is 0 Å². The Hall–Kier alpha value is -1.11. The summed E-state index contributed by atoms with van der Waals surface area (Å²) in [5.41, 5.74) is 3.62. The summed E-state index contributed by atoms with van der Waals surface area (Å²) in [6.07, 6.45) is 1.85. The van der Waals surface area contributed by atoms with E-state index in [0.29, 0.717) is 5.82 Å². The number of aromatic nitrogens is 2. The van der Waals surface area contributed by atoms with Gasteiger partial charge in [0.05, 0.1) is 0 Å². The van der Waals surface area contributed by atoms with E-state index >= 15 is 0 Å². The zero-order valence-corrected chi connectivity index (χ0v) is 13.9. The van der Waals surface area contributed by atoms with Crippen LogP contribution >= 0.6 is 27.7 Å². The number of halogens is 1. The molecule has 20 heavy (non-hydrogen) atoms. The van der Waals surface area contributed by atoms with Crippen LogP contribution in [0.4, 0.5) is 5.82 Å². The molecule has 1 aromatic carbocycles. The topological polar surface area (TPSA) is 63.8 Å². The Bertz CT molecular complexity index is 604. The third kappa shape index (κ3) is 3.50. The highest BCUT2D eigenvalue weighted by Crippen LogP contribution is 2.35. The Labute approximate surface area is 131 Å². The number of aryl methyl sites for hydroxylation is 1. The van der Waals surface area contributed by atoms with Crippen LogP contribution in [0.5, 0.6) is 0 Å². The first-order chi connectivity index (χ1) is 9.65. The highest BCUT2D eigenvalue weighted by molar-refractivity contribution is 9.10. The molecule has 0 saturated carbocycles. The van der Waals surface area contributed by atoms with Crippen LogP contribution in [-0.4, -0.2) is 9.97 Å². The molecule has 0 atom stereocenters. The number of hydrogen-bond acceptors (Lipinski definition) is 5. The molecule has 0 spiro atoms. The molecule has 2 aromatic rings. The fourth-order valence-corrected chi connectivity index (χ4v) is 3.20. The van der Waals surface area contributed by atoms with Gasteiger partial charge in [-0.2, -0.15) is 0 Å². The normalized spacial score (nSPS) is 10.6. The lowest BCUT2D eigenvalue weighted by atomic mass is 10.3. The van der Waals surface area contributed by atoms with Crippen LogP contribution in [0, 0.1) is 6.92 Å². The third-order valence-electron chi connectivity index (χ3n) is 2.80. The molecule has 0 unspecified atom stereocenters. The van der Waals surface area contributed by atoms with Gasteiger partial charge >= 0.3 is 0 Å². The first-order valence-corrected chi connectivity index (χ1v) is 8.03. The second-order valence-electron chi connectivity index (χ2n) is 4.35. The van der Waals surface area contributed by atoms with Crippen molar-refractivity contribution in [2.75, 3.05) is 5.43 Å². The van der Waals surface area contributed by atoms with E-state index in [1.807, 2.05) is 25.1 Å². The van der Waals surface area contributed by atoms with E-state index in [-0.39, 0.29) is 0 Å². The minimum absolute atomic E-state index is 0.693. The van der Waals surface area contributed by atoms with Crippen LogP contribution in [0.3, 0.4) is 0 Å². The number of nitrogens with one attached hydrogen (secondary N) is 1. The standard InChI is InChI=1S/C14H17BrN4S/c1-3-6-12-17-13(19-16)9(2)14(18-12)20-11-8-5-4-7-10(11)15/h4-5,7-8H,3,6,16H2,1-2H3,(H,17,18,19). The molecule has 2 rings (SSSR count). The first kappa shape index (κ1) is 15.3. The lowest BCUT2D eigenvalue weighted by Crippen LogP contribution is -2.13. The lowest BCUT2D eigenvalue weighted by molar-refractivity contribution is 0.802. The van der Waals surface area contributed by atoms with Gasteiger partial charge in [-0.25, -0.2) is 15.8 Å². The molecule has 106 valence electrons. The van der Waals surface area contributed by atoms with Crippen LogP contribution in [-0.2, 0) is 6.42 Å². The second-order valence-corrected chi connectivity index (χ2v) is 6.23. The Morgan fingerprint density at radius 1 is 1.30 bits per heavy atom. The van der Waals surface area contributed by atoms with Crippen molar-refractivity contribution in [1.82, 2.24) is 9.97 Å². The molecule has 1 aromatic heterocycles. The summed E-state index contributed by atoms with van der Waals surface area (Å²) in [6, 6.07) is 8.09. The Morgan fingerprint density at radius 3 is 2.70 bits per heavy atom. The van der Waals surface area contributed by atoms with Gasteiger partial charge < -0.3 is 5.43 Å². The van der Waals surface area contributed by atoms with Gasteiger partial charge in [0, 0.05) is 21.4 Å². The predicted molar refractivity (Wildman–Crippen MR) is 86.8 cm³/mol. The minimum Gasteiger partial charge on any atom is -0.308 e. The van der Waals surface area contributed by atoms with Crippen molar-refractivity contribution < 1.29 is 0 Å². The van der Waals surface area contributed by atoms with Gasteiger partial charge in [0.1, 0.15) is 16.7 Å². The molecule has 1 heterocycles. The number of rotatable bonds is 5. The highest BCUT2D eigenvalue weighted by atomic mass is 79.9. The largest absolute Gasteiger partial charge is 0.308 e. The number of nitrogen functional groups attached to an aromatic ring is 1. The van der Waals surface area contributed by atoms with E-state index in [2.05, 4.69) is 44.3 Å². The third-order valence-corrected chi connectivity index (χ3v) is 4.92. The fourth-order valence-electron chi connectivity index (χ4n) is 1.75. The Balaban J connectivity index is 2.39. The smallest absolute Gasteiger partial charge is 0.147 e. The average Bonchev–Trinajstić information content (AvgIpc) is 2.45. The van der Waals surface area contributed by atoms with Crippen molar-refractivity contribution in [1.29, 1.82) is 0 Å². The molecule has 6 heteroatoms. The quantitative estimate of drug-likeness (QED) is 0.484. The van der Waals surface area contributed by atoms with Crippen molar-refractivity contribution in [3.05, 3.63) is 40.1 Å². The van der Waals surface area contributed by atoms with Crippen molar-refractivity contribution in [3.8, 4) is 0 Å². The van der Waals surface area contributed by atoms with E-state index in [0.717, 1.165) is 38.6 Å². The van der Waals surface area contributed by atoms with Gasteiger partial charge in [0.2, 0.25) is 0 Å². The summed E-state index contributed by atoms with van der Waals surface area (Å²) in [5.74, 6) is 7.06. The van der Waals surface area contributed by atoms with Crippen LogP contribution in [0.25, 0.3) is 0 Å². The summed E-state index contributed by atoms with van der Waals surface area (Å²) in [7, 11) is 0. The lowest BCUT2D eigenvalue weighted by Gasteiger charge is -2.12. The molecule has 0 aliphatic carbocycles. The maximum absolute atomic E-state index is 5.55. The van der Waals surface area contributed by atoms with Gasteiger partial charge in [-0.3, -0.25) is 0 Å². The molecule has 0 saturated heterocycles. The molecule has 0 aliphatic rings.